The Kier molecular flexibility index (Phi) is 2.72. The number of aromatic nitrogens is 2. The maximum Gasteiger partial charge on any atom is 0.0827 e. The molecule has 15 heavy (non-hydrogen) atoms. The Hall–Kier alpha value is -0.990. The summed E-state index contributed by atoms with van der Waals surface area (Å²) in [6.07, 6.45) is 3.99. The third-order valence-electron chi connectivity index (χ3n) is 3.47. The molecule has 1 aliphatic rings. The first-order valence-electron chi connectivity index (χ1n) is 5.90. The maximum absolute atomic E-state index is 4.43. The smallest absolute Gasteiger partial charge is 0.0827 e. The van der Waals surface area contributed by atoms with Crippen LogP contribution in [-0.4, -0.2) is 15.8 Å². The average molecular weight is 207 g/mol. The van der Waals surface area contributed by atoms with Crippen LogP contribution in [0.3, 0.4) is 0 Å². The Labute approximate surface area is 91.9 Å². The van der Waals surface area contributed by atoms with Gasteiger partial charge in [-0.2, -0.15) is 5.10 Å². The van der Waals surface area contributed by atoms with Gasteiger partial charge in [-0.3, -0.25) is 4.68 Å². The van der Waals surface area contributed by atoms with E-state index >= 15 is 0 Å². The predicted molar refractivity (Wildman–Crippen MR) is 63.1 cm³/mol. The van der Waals surface area contributed by atoms with Crippen molar-refractivity contribution < 1.29 is 0 Å². The van der Waals surface area contributed by atoms with Gasteiger partial charge in [0.25, 0.3) is 0 Å². The van der Waals surface area contributed by atoms with Crippen LogP contribution in [-0.2, 0) is 7.05 Å². The summed E-state index contributed by atoms with van der Waals surface area (Å²) in [7, 11) is 2.01. The molecule has 0 radical (unpaired) electrons. The first-order valence-corrected chi connectivity index (χ1v) is 5.90. The van der Waals surface area contributed by atoms with Crippen LogP contribution in [0.5, 0.6) is 0 Å². The van der Waals surface area contributed by atoms with E-state index in [9.17, 15) is 0 Å². The Bertz CT molecular complexity index is 350. The fraction of sp³-hybridized carbons (Fsp3) is 0.750. The third-order valence-corrected chi connectivity index (χ3v) is 3.47. The van der Waals surface area contributed by atoms with Crippen LogP contribution in [0.4, 0.5) is 5.69 Å². The number of aryl methyl sites for hydroxylation is 2. The highest BCUT2D eigenvalue weighted by Crippen LogP contribution is 2.36. The minimum atomic E-state index is 0.645. The SMILES string of the molecule is CCC(Nc1c(C)nn(C)c1C)C1CC1. The standard InChI is InChI=1S/C12H21N3/c1-5-11(10-6-7-10)13-12-8(2)14-15(4)9(12)3/h10-11,13H,5-7H2,1-4H3. The maximum atomic E-state index is 4.43. The second-order valence-corrected chi connectivity index (χ2v) is 4.67. The van der Waals surface area contributed by atoms with Crippen LogP contribution in [0.2, 0.25) is 0 Å². The van der Waals surface area contributed by atoms with Crippen molar-refractivity contribution in [1.29, 1.82) is 0 Å². The minimum absolute atomic E-state index is 0.645. The lowest BCUT2D eigenvalue weighted by atomic mass is 10.1. The molecule has 1 aromatic heterocycles. The molecule has 0 aliphatic heterocycles. The molecule has 3 heteroatoms. The molecule has 1 fully saturated rings. The lowest BCUT2D eigenvalue weighted by molar-refractivity contribution is 0.615. The van der Waals surface area contributed by atoms with Crippen LogP contribution < -0.4 is 5.32 Å². The van der Waals surface area contributed by atoms with Crippen LogP contribution in [0.15, 0.2) is 0 Å². The normalized spacial score (nSPS) is 17.9. The van der Waals surface area contributed by atoms with Gasteiger partial charge in [0.2, 0.25) is 0 Å². The lowest BCUT2D eigenvalue weighted by Crippen LogP contribution is -2.21. The fourth-order valence-corrected chi connectivity index (χ4v) is 2.22. The Balaban J connectivity index is 2.14. The van der Waals surface area contributed by atoms with Crippen molar-refractivity contribution in [2.75, 3.05) is 5.32 Å². The van der Waals surface area contributed by atoms with Gasteiger partial charge in [0.15, 0.2) is 0 Å². The number of nitrogens with one attached hydrogen (secondary N) is 1. The molecule has 1 atom stereocenters. The van der Waals surface area contributed by atoms with E-state index in [1.165, 1.54) is 30.6 Å². The molecule has 1 saturated carbocycles. The number of hydrogen-bond acceptors (Lipinski definition) is 2. The molecule has 1 unspecified atom stereocenters. The second-order valence-electron chi connectivity index (χ2n) is 4.67. The molecule has 1 heterocycles. The van der Waals surface area contributed by atoms with Crippen molar-refractivity contribution >= 4 is 5.69 Å². The van der Waals surface area contributed by atoms with E-state index in [-0.39, 0.29) is 0 Å². The van der Waals surface area contributed by atoms with E-state index in [4.69, 9.17) is 0 Å². The van der Waals surface area contributed by atoms with Crippen molar-refractivity contribution in [1.82, 2.24) is 9.78 Å². The number of hydrogen-bond donors (Lipinski definition) is 1. The third kappa shape index (κ3) is 2.01. The van der Waals surface area contributed by atoms with Crippen molar-refractivity contribution in [3.05, 3.63) is 11.4 Å². The van der Waals surface area contributed by atoms with Gasteiger partial charge in [-0.1, -0.05) is 6.92 Å². The van der Waals surface area contributed by atoms with Gasteiger partial charge in [0.05, 0.1) is 17.1 Å². The van der Waals surface area contributed by atoms with E-state index in [2.05, 4.69) is 31.2 Å². The number of anilines is 1. The van der Waals surface area contributed by atoms with E-state index < -0.39 is 0 Å². The fourth-order valence-electron chi connectivity index (χ4n) is 2.22. The van der Waals surface area contributed by atoms with Gasteiger partial charge in [-0.25, -0.2) is 0 Å². The topological polar surface area (TPSA) is 29.9 Å². The lowest BCUT2D eigenvalue weighted by Gasteiger charge is -2.17. The van der Waals surface area contributed by atoms with Gasteiger partial charge in [0.1, 0.15) is 0 Å². The summed E-state index contributed by atoms with van der Waals surface area (Å²) in [6.45, 7) is 6.47. The molecule has 84 valence electrons. The van der Waals surface area contributed by atoms with E-state index in [0.29, 0.717) is 6.04 Å². The van der Waals surface area contributed by atoms with E-state index in [1.54, 1.807) is 0 Å². The van der Waals surface area contributed by atoms with E-state index in [0.717, 1.165) is 11.6 Å². The number of rotatable bonds is 4. The summed E-state index contributed by atoms with van der Waals surface area (Å²) < 4.78 is 1.96. The highest BCUT2D eigenvalue weighted by Gasteiger charge is 2.30. The Morgan fingerprint density at radius 1 is 1.47 bits per heavy atom. The first-order chi connectivity index (χ1) is 7.13. The molecule has 0 spiro atoms. The van der Waals surface area contributed by atoms with Crippen molar-refractivity contribution in [2.45, 2.75) is 46.1 Å². The highest BCUT2D eigenvalue weighted by atomic mass is 15.3. The van der Waals surface area contributed by atoms with Crippen molar-refractivity contribution in [3.63, 3.8) is 0 Å². The average Bonchev–Trinajstić information content (AvgIpc) is 2.98. The molecular formula is C12H21N3. The molecule has 1 aromatic rings. The summed E-state index contributed by atoms with van der Waals surface area (Å²) >= 11 is 0. The monoisotopic (exact) mass is 207 g/mol. The van der Waals surface area contributed by atoms with Gasteiger partial charge in [-0.05, 0) is 39.0 Å². The summed E-state index contributed by atoms with van der Waals surface area (Å²) in [4.78, 5) is 0. The van der Waals surface area contributed by atoms with Gasteiger partial charge < -0.3 is 5.32 Å². The molecule has 1 aliphatic carbocycles. The predicted octanol–water partition coefficient (Wildman–Crippen LogP) is 2.64. The molecule has 0 aromatic carbocycles. The van der Waals surface area contributed by atoms with Gasteiger partial charge in [0, 0.05) is 13.1 Å². The Morgan fingerprint density at radius 2 is 2.13 bits per heavy atom. The molecule has 0 amide bonds. The molecule has 1 N–H and O–H groups in total. The highest BCUT2D eigenvalue weighted by molar-refractivity contribution is 5.52. The molecular weight excluding hydrogens is 186 g/mol. The second kappa shape index (κ2) is 3.87. The zero-order valence-electron chi connectivity index (χ0n) is 10.2. The molecule has 2 rings (SSSR count). The summed E-state index contributed by atoms with van der Waals surface area (Å²) in [5.74, 6) is 0.897. The zero-order valence-corrected chi connectivity index (χ0v) is 10.2. The zero-order chi connectivity index (χ0) is 11.0. The molecule has 0 saturated heterocycles. The quantitative estimate of drug-likeness (QED) is 0.822. The van der Waals surface area contributed by atoms with Crippen LogP contribution in [0, 0.1) is 19.8 Å². The molecule has 3 nitrogen and oxygen atoms in total. The van der Waals surface area contributed by atoms with Gasteiger partial charge >= 0.3 is 0 Å². The first kappa shape index (κ1) is 10.5. The molecule has 0 bridgehead atoms. The number of nitrogens with zero attached hydrogens (tertiary/aromatic N) is 2. The Morgan fingerprint density at radius 3 is 2.53 bits per heavy atom. The van der Waals surface area contributed by atoms with Crippen LogP contribution in [0.1, 0.15) is 37.6 Å². The summed E-state index contributed by atoms with van der Waals surface area (Å²) in [6, 6.07) is 0.645. The minimum Gasteiger partial charge on any atom is -0.379 e. The summed E-state index contributed by atoms with van der Waals surface area (Å²) in [5.41, 5.74) is 3.61. The van der Waals surface area contributed by atoms with Crippen molar-refractivity contribution in [3.8, 4) is 0 Å². The van der Waals surface area contributed by atoms with Crippen LogP contribution >= 0.6 is 0 Å². The van der Waals surface area contributed by atoms with Crippen molar-refractivity contribution in [2.24, 2.45) is 13.0 Å². The van der Waals surface area contributed by atoms with E-state index in [1.807, 2.05) is 11.7 Å². The summed E-state index contributed by atoms with van der Waals surface area (Å²) in [5, 5.41) is 8.10. The van der Waals surface area contributed by atoms with Crippen LogP contribution in [0.25, 0.3) is 0 Å². The largest absolute Gasteiger partial charge is 0.379 e. The van der Waals surface area contributed by atoms with Gasteiger partial charge in [-0.15, -0.1) is 0 Å².